The molecule has 0 aliphatic heterocycles. The first-order chi connectivity index (χ1) is 10.0. The highest BCUT2D eigenvalue weighted by molar-refractivity contribution is 5.85. The third-order valence-electron chi connectivity index (χ3n) is 4.85. The lowest BCUT2D eigenvalue weighted by Crippen LogP contribution is -2.55. The molecular weight excluding hydrogens is 266 g/mol. The highest BCUT2D eigenvalue weighted by Crippen LogP contribution is 2.28. The number of hydrogen-bond acceptors (Lipinski definition) is 3. The zero-order valence-corrected chi connectivity index (χ0v) is 13.5. The molecule has 0 aromatic heterocycles. The quantitative estimate of drug-likeness (QED) is 0.605. The van der Waals surface area contributed by atoms with Gasteiger partial charge in [0.1, 0.15) is 0 Å². The van der Waals surface area contributed by atoms with Crippen molar-refractivity contribution < 1.29 is 9.59 Å². The Balaban J connectivity index is 2.23. The number of nitrogens with one attached hydrogen (secondary N) is 2. The van der Waals surface area contributed by atoms with Crippen LogP contribution in [0.4, 0.5) is 0 Å². The number of nitrogens with two attached hydrogens (primary N) is 1. The van der Waals surface area contributed by atoms with Gasteiger partial charge in [0.05, 0.1) is 12.1 Å². The molecule has 5 nitrogen and oxygen atoms in total. The van der Waals surface area contributed by atoms with Crippen molar-refractivity contribution >= 4 is 11.8 Å². The summed E-state index contributed by atoms with van der Waals surface area (Å²) in [6.45, 7) is 4.49. The fraction of sp³-hybridized carbons (Fsp3) is 0.875. The van der Waals surface area contributed by atoms with Gasteiger partial charge >= 0.3 is 0 Å². The molecule has 0 bridgehead atoms. The summed E-state index contributed by atoms with van der Waals surface area (Å²) >= 11 is 0. The summed E-state index contributed by atoms with van der Waals surface area (Å²) in [6, 6.07) is 0. The minimum Gasteiger partial charge on any atom is -0.348 e. The average molecular weight is 297 g/mol. The van der Waals surface area contributed by atoms with E-state index in [1.165, 1.54) is 25.7 Å². The topological polar surface area (TPSA) is 84.2 Å². The van der Waals surface area contributed by atoms with E-state index in [1.807, 2.05) is 13.8 Å². The second-order valence-electron chi connectivity index (χ2n) is 6.21. The van der Waals surface area contributed by atoms with E-state index in [0.717, 1.165) is 19.3 Å². The monoisotopic (exact) mass is 297 g/mol. The maximum atomic E-state index is 11.9. The predicted molar refractivity (Wildman–Crippen MR) is 84.7 cm³/mol. The molecule has 0 atom stereocenters. The Morgan fingerprint density at radius 1 is 1.14 bits per heavy atom. The van der Waals surface area contributed by atoms with Crippen LogP contribution >= 0.6 is 0 Å². The molecule has 0 saturated heterocycles. The zero-order valence-electron chi connectivity index (χ0n) is 13.5. The molecule has 1 aliphatic carbocycles. The highest BCUT2D eigenvalue weighted by atomic mass is 16.2. The molecule has 2 amide bonds. The normalized spacial score (nSPS) is 16.0. The zero-order chi connectivity index (χ0) is 15.7. The molecule has 122 valence electrons. The van der Waals surface area contributed by atoms with E-state index >= 15 is 0 Å². The molecule has 1 fully saturated rings. The third kappa shape index (κ3) is 6.04. The van der Waals surface area contributed by atoms with E-state index in [0.29, 0.717) is 18.9 Å². The molecule has 0 unspecified atom stereocenters. The van der Waals surface area contributed by atoms with Gasteiger partial charge in [-0.05, 0) is 25.2 Å². The second kappa shape index (κ2) is 9.03. The van der Waals surface area contributed by atoms with E-state index < -0.39 is 0 Å². The summed E-state index contributed by atoms with van der Waals surface area (Å²) in [4.78, 5) is 23.7. The van der Waals surface area contributed by atoms with E-state index in [1.54, 1.807) is 0 Å². The molecule has 0 aromatic rings. The van der Waals surface area contributed by atoms with Gasteiger partial charge in [0.15, 0.2) is 0 Å². The van der Waals surface area contributed by atoms with Crippen LogP contribution in [-0.2, 0) is 9.59 Å². The van der Waals surface area contributed by atoms with Crippen LogP contribution in [0.3, 0.4) is 0 Å². The van der Waals surface area contributed by atoms with Gasteiger partial charge in [-0.15, -0.1) is 0 Å². The van der Waals surface area contributed by atoms with Crippen LogP contribution in [0.2, 0.25) is 0 Å². The maximum Gasteiger partial charge on any atom is 0.239 e. The van der Waals surface area contributed by atoms with Gasteiger partial charge in [0.25, 0.3) is 0 Å². The standard InChI is InChI=1S/C16H31N3O2/c1-3-16(4-2,12-17)19-15(21)11-18-14(20)10-9-13-7-5-6-8-13/h13H,3-12,17H2,1-2H3,(H,18,20)(H,19,21). The Hall–Kier alpha value is -1.10. The summed E-state index contributed by atoms with van der Waals surface area (Å²) in [5.41, 5.74) is 5.41. The molecule has 1 rings (SSSR count). The molecule has 1 saturated carbocycles. The number of amides is 2. The first-order valence-corrected chi connectivity index (χ1v) is 8.33. The lowest BCUT2D eigenvalue weighted by Gasteiger charge is -2.31. The molecule has 21 heavy (non-hydrogen) atoms. The van der Waals surface area contributed by atoms with E-state index in [4.69, 9.17) is 5.73 Å². The van der Waals surface area contributed by atoms with Crippen molar-refractivity contribution in [1.82, 2.24) is 10.6 Å². The third-order valence-corrected chi connectivity index (χ3v) is 4.85. The van der Waals surface area contributed by atoms with Crippen LogP contribution in [0.15, 0.2) is 0 Å². The molecule has 0 heterocycles. The van der Waals surface area contributed by atoms with Crippen molar-refractivity contribution in [2.45, 2.75) is 70.8 Å². The SMILES string of the molecule is CCC(CC)(CN)NC(=O)CNC(=O)CCC1CCCC1. The fourth-order valence-corrected chi connectivity index (χ4v) is 3.01. The van der Waals surface area contributed by atoms with Gasteiger partial charge in [-0.2, -0.15) is 0 Å². The van der Waals surface area contributed by atoms with Crippen LogP contribution in [0, 0.1) is 5.92 Å². The van der Waals surface area contributed by atoms with Crippen molar-refractivity contribution in [2.24, 2.45) is 11.7 Å². The van der Waals surface area contributed by atoms with Gasteiger partial charge in [-0.3, -0.25) is 9.59 Å². The smallest absolute Gasteiger partial charge is 0.239 e. The summed E-state index contributed by atoms with van der Waals surface area (Å²) in [5.74, 6) is 0.524. The number of hydrogen-bond donors (Lipinski definition) is 3. The highest BCUT2D eigenvalue weighted by Gasteiger charge is 2.26. The Kier molecular flexibility index (Phi) is 7.72. The number of carbonyl (C=O) groups excluding carboxylic acids is 2. The van der Waals surface area contributed by atoms with Crippen molar-refractivity contribution in [2.75, 3.05) is 13.1 Å². The van der Waals surface area contributed by atoms with Gasteiger partial charge in [-0.1, -0.05) is 39.5 Å². The largest absolute Gasteiger partial charge is 0.348 e. The first kappa shape index (κ1) is 18.0. The molecule has 4 N–H and O–H groups in total. The Bertz CT molecular complexity index is 326. The van der Waals surface area contributed by atoms with Crippen molar-refractivity contribution in [3.05, 3.63) is 0 Å². The van der Waals surface area contributed by atoms with Crippen LogP contribution < -0.4 is 16.4 Å². The van der Waals surface area contributed by atoms with Crippen LogP contribution in [0.5, 0.6) is 0 Å². The average Bonchev–Trinajstić information content (AvgIpc) is 3.02. The predicted octanol–water partition coefficient (Wildman–Crippen LogP) is 1.71. The van der Waals surface area contributed by atoms with Gasteiger partial charge < -0.3 is 16.4 Å². The van der Waals surface area contributed by atoms with Gasteiger partial charge in [0, 0.05) is 13.0 Å². The Morgan fingerprint density at radius 3 is 2.29 bits per heavy atom. The molecule has 0 spiro atoms. The van der Waals surface area contributed by atoms with E-state index in [-0.39, 0.29) is 23.9 Å². The van der Waals surface area contributed by atoms with Crippen molar-refractivity contribution in [3.8, 4) is 0 Å². The van der Waals surface area contributed by atoms with Gasteiger partial charge in [0.2, 0.25) is 11.8 Å². The van der Waals surface area contributed by atoms with Crippen molar-refractivity contribution in [3.63, 3.8) is 0 Å². The van der Waals surface area contributed by atoms with E-state index in [9.17, 15) is 9.59 Å². The maximum absolute atomic E-state index is 11.9. The second-order valence-corrected chi connectivity index (χ2v) is 6.21. The molecule has 0 aromatic carbocycles. The molecule has 1 aliphatic rings. The Morgan fingerprint density at radius 2 is 1.76 bits per heavy atom. The minimum atomic E-state index is -0.342. The van der Waals surface area contributed by atoms with Crippen LogP contribution in [0.1, 0.15) is 65.2 Å². The summed E-state index contributed by atoms with van der Waals surface area (Å²) in [6.07, 6.45) is 8.15. The summed E-state index contributed by atoms with van der Waals surface area (Å²) in [5, 5.41) is 5.66. The summed E-state index contributed by atoms with van der Waals surface area (Å²) in [7, 11) is 0. The first-order valence-electron chi connectivity index (χ1n) is 8.33. The van der Waals surface area contributed by atoms with E-state index in [2.05, 4.69) is 10.6 Å². The van der Waals surface area contributed by atoms with Crippen LogP contribution in [0.25, 0.3) is 0 Å². The Labute approximate surface area is 128 Å². The molecule has 5 heteroatoms. The van der Waals surface area contributed by atoms with Crippen LogP contribution in [-0.4, -0.2) is 30.4 Å². The number of rotatable bonds is 9. The molecular formula is C16H31N3O2. The lowest BCUT2D eigenvalue weighted by atomic mass is 9.93. The number of carbonyl (C=O) groups is 2. The lowest BCUT2D eigenvalue weighted by molar-refractivity contribution is -0.127. The fourth-order valence-electron chi connectivity index (χ4n) is 3.01. The minimum absolute atomic E-state index is 0.0246. The summed E-state index contributed by atoms with van der Waals surface area (Å²) < 4.78 is 0. The van der Waals surface area contributed by atoms with Crippen molar-refractivity contribution in [1.29, 1.82) is 0 Å². The van der Waals surface area contributed by atoms with Gasteiger partial charge in [-0.25, -0.2) is 0 Å². The molecule has 0 radical (unpaired) electrons.